The standard InChI is InChI=1S/C9H9BrS/c1-11-9(10)7-8-5-3-2-4-6-8/h2-7H,1H3/b9-7-. The average Bonchev–Trinajstić information content (AvgIpc) is 2.06. The van der Waals surface area contributed by atoms with Crippen molar-refractivity contribution in [3.63, 3.8) is 0 Å². The van der Waals surface area contributed by atoms with Crippen molar-refractivity contribution >= 4 is 33.8 Å². The fourth-order valence-corrected chi connectivity index (χ4v) is 1.26. The first-order valence-electron chi connectivity index (χ1n) is 3.29. The van der Waals surface area contributed by atoms with Gasteiger partial charge in [0.05, 0.1) is 3.81 Å². The molecule has 0 saturated carbocycles. The maximum atomic E-state index is 3.44. The Hall–Kier alpha value is -0.210. The summed E-state index contributed by atoms with van der Waals surface area (Å²) >= 11 is 5.13. The lowest BCUT2D eigenvalue weighted by molar-refractivity contribution is 1.66. The van der Waals surface area contributed by atoms with Gasteiger partial charge >= 0.3 is 0 Å². The van der Waals surface area contributed by atoms with Crippen molar-refractivity contribution in [2.75, 3.05) is 6.26 Å². The predicted octanol–water partition coefficient (Wildman–Crippen LogP) is 3.74. The SMILES string of the molecule is CS/C(Br)=C\c1ccccc1. The summed E-state index contributed by atoms with van der Waals surface area (Å²) in [5, 5.41) is 0. The van der Waals surface area contributed by atoms with E-state index in [9.17, 15) is 0 Å². The van der Waals surface area contributed by atoms with Gasteiger partial charge in [-0.25, -0.2) is 0 Å². The van der Waals surface area contributed by atoms with E-state index in [-0.39, 0.29) is 0 Å². The van der Waals surface area contributed by atoms with Crippen LogP contribution in [0.4, 0.5) is 0 Å². The van der Waals surface area contributed by atoms with Crippen LogP contribution in [0.25, 0.3) is 6.08 Å². The van der Waals surface area contributed by atoms with Crippen LogP contribution in [0.1, 0.15) is 5.56 Å². The molecule has 0 heterocycles. The topological polar surface area (TPSA) is 0 Å². The molecule has 2 heteroatoms. The second-order valence-corrected chi connectivity index (χ2v) is 4.29. The third-order valence-corrected chi connectivity index (χ3v) is 2.98. The molecule has 0 atom stereocenters. The van der Waals surface area contributed by atoms with Gasteiger partial charge in [0.2, 0.25) is 0 Å². The lowest BCUT2D eigenvalue weighted by Crippen LogP contribution is -1.68. The van der Waals surface area contributed by atoms with Crippen molar-refractivity contribution in [1.29, 1.82) is 0 Å². The van der Waals surface area contributed by atoms with Crippen LogP contribution in [0.3, 0.4) is 0 Å². The molecule has 0 aliphatic rings. The zero-order chi connectivity index (χ0) is 8.10. The van der Waals surface area contributed by atoms with Crippen LogP contribution in [0.5, 0.6) is 0 Å². The summed E-state index contributed by atoms with van der Waals surface area (Å²) in [5.74, 6) is 0. The van der Waals surface area contributed by atoms with Gasteiger partial charge in [0.15, 0.2) is 0 Å². The van der Waals surface area contributed by atoms with Crippen LogP contribution in [-0.4, -0.2) is 6.26 Å². The van der Waals surface area contributed by atoms with Gasteiger partial charge in [-0.3, -0.25) is 0 Å². The predicted molar refractivity (Wildman–Crippen MR) is 56.9 cm³/mol. The minimum absolute atomic E-state index is 1.16. The van der Waals surface area contributed by atoms with E-state index >= 15 is 0 Å². The molecule has 0 bridgehead atoms. The van der Waals surface area contributed by atoms with Crippen LogP contribution >= 0.6 is 27.7 Å². The molecule has 1 rings (SSSR count). The molecule has 58 valence electrons. The van der Waals surface area contributed by atoms with E-state index in [4.69, 9.17) is 0 Å². The van der Waals surface area contributed by atoms with Crippen molar-refractivity contribution in [2.45, 2.75) is 0 Å². The number of benzene rings is 1. The first-order chi connectivity index (χ1) is 5.33. The monoisotopic (exact) mass is 228 g/mol. The Kier molecular flexibility index (Phi) is 3.73. The molecule has 0 aliphatic carbocycles. The molecule has 0 amide bonds. The normalized spacial score (nSPS) is 11.6. The Labute approximate surface area is 79.8 Å². The third kappa shape index (κ3) is 3.12. The van der Waals surface area contributed by atoms with E-state index in [1.807, 2.05) is 24.5 Å². The first-order valence-corrected chi connectivity index (χ1v) is 5.31. The van der Waals surface area contributed by atoms with Crippen LogP contribution in [0.2, 0.25) is 0 Å². The van der Waals surface area contributed by atoms with Crippen molar-refractivity contribution < 1.29 is 0 Å². The van der Waals surface area contributed by atoms with Crippen LogP contribution in [-0.2, 0) is 0 Å². The second kappa shape index (κ2) is 4.62. The smallest absolute Gasteiger partial charge is 0.0506 e. The summed E-state index contributed by atoms with van der Waals surface area (Å²) in [6, 6.07) is 10.2. The van der Waals surface area contributed by atoms with Crippen LogP contribution in [0, 0.1) is 0 Å². The summed E-state index contributed by atoms with van der Waals surface area (Å²) in [5.41, 5.74) is 1.23. The van der Waals surface area contributed by atoms with Gasteiger partial charge in [0.1, 0.15) is 0 Å². The minimum Gasteiger partial charge on any atom is -0.122 e. The first kappa shape index (κ1) is 8.88. The fourth-order valence-electron chi connectivity index (χ4n) is 0.739. The molecular weight excluding hydrogens is 220 g/mol. The Morgan fingerprint density at radius 2 is 2.00 bits per heavy atom. The highest BCUT2D eigenvalue weighted by atomic mass is 79.9. The van der Waals surface area contributed by atoms with Crippen molar-refractivity contribution in [3.05, 3.63) is 39.7 Å². The summed E-state index contributed by atoms with van der Waals surface area (Å²) in [4.78, 5) is 0. The van der Waals surface area contributed by atoms with Gasteiger partial charge in [0.25, 0.3) is 0 Å². The zero-order valence-electron chi connectivity index (χ0n) is 6.25. The number of hydrogen-bond acceptors (Lipinski definition) is 1. The summed E-state index contributed by atoms with van der Waals surface area (Å²) < 4.78 is 1.16. The highest BCUT2D eigenvalue weighted by molar-refractivity contribution is 9.14. The molecule has 1 aromatic carbocycles. The van der Waals surface area contributed by atoms with Gasteiger partial charge < -0.3 is 0 Å². The Morgan fingerprint density at radius 1 is 1.36 bits per heavy atom. The number of hydrogen-bond donors (Lipinski definition) is 0. The van der Waals surface area contributed by atoms with Gasteiger partial charge in [0, 0.05) is 0 Å². The van der Waals surface area contributed by atoms with E-state index in [0.29, 0.717) is 0 Å². The molecule has 0 radical (unpaired) electrons. The van der Waals surface area contributed by atoms with E-state index in [2.05, 4.69) is 34.1 Å². The molecule has 0 aliphatic heterocycles. The van der Waals surface area contributed by atoms with E-state index in [0.717, 1.165) is 3.81 Å². The molecule has 11 heavy (non-hydrogen) atoms. The average molecular weight is 229 g/mol. The third-order valence-electron chi connectivity index (χ3n) is 1.27. The molecule has 0 unspecified atom stereocenters. The Morgan fingerprint density at radius 3 is 2.55 bits per heavy atom. The number of rotatable bonds is 2. The van der Waals surface area contributed by atoms with Gasteiger partial charge in [-0.2, -0.15) is 0 Å². The zero-order valence-corrected chi connectivity index (χ0v) is 8.65. The quantitative estimate of drug-likeness (QED) is 0.744. The Balaban J connectivity index is 2.79. The molecule has 0 nitrogen and oxygen atoms in total. The highest BCUT2D eigenvalue weighted by Gasteiger charge is 1.87. The molecule has 0 aromatic heterocycles. The van der Waals surface area contributed by atoms with Gasteiger partial charge in [-0.05, 0) is 33.8 Å². The second-order valence-electron chi connectivity index (χ2n) is 2.06. The number of thioether (sulfide) groups is 1. The van der Waals surface area contributed by atoms with E-state index < -0.39 is 0 Å². The summed E-state index contributed by atoms with van der Waals surface area (Å²) in [6.07, 6.45) is 4.15. The van der Waals surface area contributed by atoms with E-state index in [1.54, 1.807) is 11.8 Å². The molecule has 0 spiro atoms. The lowest BCUT2D eigenvalue weighted by Gasteiger charge is -1.93. The number of halogens is 1. The minimum atomic E-state index is 1.16. The van der Waals surface area contributed by atoms with Crippen molar-refractivity contribution in [2.24, 2.45) is 0 Å². The van der Waals surface area contributed by atoms with E-state index in [1.165, 1.54) is 5.56 Å². The van der Waals surface area contributed by atoms with Gasteiger partial charge in [-0.15, -0.1) is 11.8 Å². The Bertz CT molecular complexity index is 241. The molecule has 0 fully saturated rings. The van der Waals surface area contributed by atoms with Crippen LogP contribution < -0.4 is 0 Å². The summed E-state index contributed by atoms with van der Waals surface area (Å²) in [6.45, 7) is 0. The molecular formula is C9H9BrS. The van der Waals surface area contributed by atoms with Crippen LogP contribution in [0.15, 0.2) is 34.1 Å². The van der Waals surface area contributed by atoms with Crippen molar-refractivity contribution in [1.82, 2.24) is 0 Å². The summed E-state index contributed by atoms with van der Waals surface area (Å²) in [7, 11) is 0. The molecule has 0 N–H and O–H groups in total. The molecule has 0 saturated heterocycles. The lowest BCUT2D eigenvalue weighted by atomic mass is 10.2. The van der Waals surface area contributed by atoms with Crippen molar-refractivity contribution in [3.8, 4) is 0 Å². The largest absolute Gasteiger partial charge is 0.122 e. The van der Waals surface area contributed by atoms with Gasteiger partial charge in [-0.1, -0.05) is 30.3 Å². The maximum Gasteiger partial charge on any atom is 0.0506 e. The fraction of sp³-hybridized carbons (Fsp3) is 0.111. The molecule has 1 aromatic rings. The highest BCUT2D eigenvalue weighted by Crippen LogP contribution is 2.21. The maximum absolute atomic E-state index is 3.44.